The lowest BCUT2D eigenvalue weighted by Gasteiger charge is -2.12. The summed E-state index contributed by atoms with van der Waals surface area (Å²) in [5, 5.41) is 3.87. The Labute approximate surface area is 101 Å². The zero-order chi connectivity index (χ0) is 13.8. The van der Waals surface area contributed by atoms with Gasteiger partial charge in [-0.15, -0.1) is 0 Å². The lowest BCUT2D eigenvalue weighted by molar-refractivity contribution is -0.122. The number of halogens is 3. The van der Waals surface area contributed by atoms with Gasteiger partial charge in [0, 0.05) is 6.07 Å². The molecule has 1 aromatic carbocycles. The fourth-order valence-electron chi connectivity index (χ4n) is 1.12. The molecule has 0 aliphatic rings. The Morgan fingerprint density at radius 3 is 2.67 bits per heavy atom. The van der Waals surface area contributed by atoms with Gasteiger partial charge in [0.1, 0.15) is 12.3 Å². The fourth-order valence-corrected chi connectivity index (χ4v) is 1.12. The van der Waals surface area contributed by atoms with Gasteiger partial charge in [0.05, 0.1) is 18.5 Å². The minimum atomic E-state index is -4.46. The normalized spacial score (nSPS) is 10.9. The summed E-state index contributed by atoms with van der Waals surface area (Å²) in [7, 11) is 1.42. The summed E-state index contributed by atoms with van der Waals surface area (Å²) in [5.41, 5.74) is 5.95. The summed E-state index contributed by atoms with van der Waals surface area (Å²) in [4.78, 5) is 11.2. The molecule has 100 valence electrons. The second kappa shape index (κ2) is 5.48. The number of rotatable bonds is 3. The standard InChI is InChI=1S/C10H12F3N3O2/c1-18-6-2-3-7(14)8(4-6)16-9(17)15-5-10(11,12)13/h2-4H,5,14H2,1H3,(H2,15,16,17). The third-order valence-electron chi connectivity index (χ3n) is 1.96. The van der Waals surface area contributed by atoms with Crippen LogP contribution in [0.2, 0.25) is 0 Å². The minimum Gasteiger partial charge on any atom is -0.497 e. The Balaban J connectivity index is 2.64. The summed E-state index contributed by atoms with van der Waals surface area (Å²) in [5.74, 6) is 0.426. The van der Waals surface area contributed by atoms with Crippen molar-refractivity contribution in [2.45, 2.75) is 6.18 Å². The molecule has 1 aromatic rings. The number of alkyl halides is 3. The topological polar surface area (TPSA) is 76.4 Å². The number of amides is 2. The van der Waals surface area contributed by atoms with Crippen molar-refractivity contribution in [1.29, 1.82) is 0 Å². The molecule has 0 fully saturated rings. The minimum absolute atomic E-state index is 0.175. The van der Waals surface area contributed by atoms with Crippen molar-refractivity contribution >= 4 is 17.4 Å². The molecule has 8 heteroatoms. The third-order valence-corrected chi connectivity index (χ3v) is 1.96. The molecule has 4 N–H and O–H groups in total. The van der Waals surface area contributed by atoms with E-state index in [1.807, 2.05) is 0 Å². The average molecular weight is 263 g/mol. The molecule has 0 aliphatic heterocycles. The van der Waals surface area contributed by atoms with Crippen LogP contribution in [0.25, 0.3) is 0 Å². The SMILES string of the molecule is COc1ccc(N)c(NC(=O)NCC(F)(F)F)c1. The predicted octanol–water partition coefficient (Wildman–Crippen LogP) is 1.96. The number of nitrogens with two attached hydrogens (primary N) is 1. The Morgan fingerprint density at radius 1 is 1.44 bits per heavy atom. The van der Waals surface area contributed by atoms with Gasteiger partial charge < -0.3 is 21.1 Å². The predicted molar refractivity (Wildman–Crippen MR) is 60.5 cm³/mol. The Morgan fingerprint density at radius 2 is 2.11 bits per heavy atom. The van der Waals surface area contributed by atoms with E-state index < -0.39 is 18.8 Å². The van der Waals surface area contributed by atoms with E-state index in [0.717, 1.165) is 0 Å². The van der Waals surface area contributed by atoms with E-state index in [0.29, 0.717) is 5.75 Å². The quantitative estimate of drug-likeness (QED) is 0.729. The van der Waals surface area contributed by atoms with Crippen LogP contribution in [0.4, 0.5) is 29.3 Å². The first kappa shape index (κ1) is 13.9. The number of nitrogens with one attached hydrogen (secondary N) is 2. The molecular weight excluding hydrogens is 251 g/mol. The first-order valence-electron chi connectivity index (χ1n) is 4.87. The van der Waals surface area contributed by atoms with Crippen LogP contribution < -0.4 is 21.1 Å². The van der Waals surface area contributed by atoms with Gasteiger partial charge in [0.15, 0.2) is 0 Å². The average Bonchev–Trinajstić information content (AvgIpc) is 2.28. The zero-order valence-corrected chi connectivity index (χ0v) is 9.47. The van der Waals surface area contributed by atoms with E-state index in [-0.39, 0.29) is 11.4 Å². The van der Waals surface area contributed by atoms with Crippen molar-refractivity contribution in [1.82, 2.24) is 5.32 Å². The summed E-state index contributed by atoms with van der Waals surface area (Å²) in [6, 6.07) is 3.45. The molecule has 18 heavy (non-hydrogen) atoms. The summed E-state index contributed by atoms with van der Waals surface area (Å²) < 4.78 is 40.5. The third kappa shape index (κ3) is 4.40. The van der Waals surface area contributed by atoms with Crippen molar-refractivity contribution in [2.75, 3.05) is 24.7 Å². The van der Waals surface area contributed by atoms with E-state index in [1.165, 1.54) is 19.2 Å². The van der Waals surface area contributed by atoms with Crippen molar-refractivity contribution in [2.24, 2.45) is 0 Å². The van der Waals surface area contributed by atoms with Crippen LogP contribution in [0.5, 0.6) is 5.75 Å². The van der Waals surface area contributed by atoms with E-state index in [9.17, 15) is 18.0 Å². The molecule has 0 unspecified atom stereocenters. The van der Waals surface area contributed by atoms with Gasteiger partial charge in [0.25, 0.3) is 0 Å². The molecule has 0 aromatic heterocycles. The Hall–Kier alpha value is -2.12. The number of urea groups is 1. The number of carbonyl (C=O) groups is 1. The molecule has 0 bridgehead atoms. The maximum absolute atomic E-state index is 11.9. The number of carbonyl (C=O) groups excluding carboxylic acids is 1. The van der Waals surface area contributed by atoms with Crippen LogP contribution in [0, 0.1) is 0 Å². The second-order valence-electron chi connectivity index (χ2n) is 3.38. The highest BCUT2D eigenvalue weighted by Crippen LogP contribution is 2.24. The van der Waals surface area contributed by atoms with Crippen molar-refractivity contribution in [3.8, 4) is 5.75 Å². The van der Waals surface area contributed by atoms with Crippen LogP contribution in [-0.2, 0) is 0 Å². The maximum atomic E-state index is 11.9. The van der Waals surface area contributed by atoms with E-state index >= 15 is 0 Å². The number of methoxy groups -OCH3 is 1. The largest absolute Gasteiger partial charge is 0.497 e. The number of hydrogen-bond acceptors (Lipinski definition) is 3. The Bertz CT molecular complexity index is 435. The molecular formula is C10H12F3N3O2. The van der Waals surface area contributed by atoms with Gasteiger partial charge in [-0.2, -0.15) is 13.2 Å². The fraction of sp³-hybridized carbons (Fsp3) is 0.300. The lowest BCUT2D eigenvalue weighted by Crippen LogP contribution is -2.36. The van der Waals surface area contributed by atoms with E-state index in [2.05, 4.69) is 5.32 Å². The number of benzene rings is 1. The molecule has 5 nitrogen and oxygen atoms in total. The van der Waals surface area contributed by atoms with Crippen LogP contribution in [0.1, 0.15) is 0 Å². The molecule has 2 amide bonds. The number of ether oxygens (including phenoxy) is 1. The van der Waals surface area contributed by atoms with Gasteiger partial charge >= 0.3 is 12.2 Å². The van der Waals surface area contributed by atoms with Crippen LogP contribution in [0.15, 0.2) is 18.2 Å². The van der Waals surface area contributed by atoms with Gasteiger partial charge in [0.2, 0.25) is 0 Å². The lowest BCUT2D eigenvalue weighted by atomic mass is 10.2. The molecule has 0 radical (unpaired) electrons. The maximum Gasteiger partial charge on any atom is 0.405 e. The van der Waals surface area contributed by atoms with Crippen molar-refractivity contribution < 1.29 is 22.7 Å². The van der Waals surface area contributed by atoms with Gasteiger partial charge in [-0.3, -0.25) is 0 Å². The summed E-state index contributed by atoms with van der Waals surface area (Å²) >= 11 is 0. The number of anilines is 2. The van der Waals surface area contributed by atoms with Crippen LogP contribution >= 0.6 is 0 Å². The molecule has 0 saturated heterocycles. The highest BCUT2D eigenvalue weighted by molar-refractivity contribution is 5.92. The highest BCUT2D eigenvalue weighted by atomic mass is 19.4. The molecule has 0 atom stereocenters. The van der Waals surface area contributed by atoms with E-state index in [1.54, 1.807) is 11.4 Å². The second-order valence-corrected chi connectivity index (χ2v) is 3.38. The zero-order valence-electron chi connectivity index (χ0n) is 9.47. The summed E-state index contributed by atoms with van der Waals surface area (Å²) in [6.45, 7) is -1.41. The van der Waals surface area contributed by atoms with Crippen molar-refractivity contribution in [3.05, 3.63) is 18.2 Å². The summed E-state index contributed by atoms with van der Waals surface area (Å²) in [6.07, 6.45) is -4.46. The van der Waals surface area contributed by atoms with Crippen molar-refractivity contribution in [3.63, 3.8) is 0 Å². The van der Waals surface area contributed by atoms with Gasteiger partial charge in [-0.05, 0) is 12.1 Å². The van der Waals surface area contributed by atoms with Crippen LogP contribution in [0.3, 0.4) is 0 Å². The number of nitrogen functional groups attached to an aromatic ring is 1. The van der Waals surface area contributed by atoms with Gasteiger partial charge in [-0.1, -0.05) is 0 Å². The van der Waals surface area contributed by atoms with Gasteiger partial charge in [-0.25, -0.2) is 4.79 Å². The highest BCUT2D eigenvalue weighted by Gasteiger charge is 2.27. The Kier molecular flexibility index (Phi) is 4.24. The van der Waals surface area contributed by atoms with E-state index in [4.69, 9.17) is 10.5 Å². The monoisotopic (exact) mass is 263 g/mol. The molecule has 0 aliphatic carbocycles. The first-order valence-corrected chi connectivity index (χ1v) is 4.87. The molecule has 0 saturated carbocycles. The molecule has 0 heterocycles. The molecule has 0 spiro atoms. The van der Waals surface area contributed by atoms with Crippen LogP contribution in [-0.4, -0.2) is 25.9 Å². The number of hydrogen-bond donors (Lipinski definition) is 3. The first-order chi connectivity index (χ1) is 8.31. The molecule has 1 rings (SSSR count). The smallest absolute Gasteiger partial charge is 0.405 e.